The molecule has 7 heteroatoms. The van der Waals surface area contributed by atoms with Gasteiger partial charge in [0.05, 0.1) is 6.42 Å². The highest BCUT2D eigenvalue weighted by molar-refractivity contribution is 7.17. The van der Waals surface area contributed by atoms with Crippen molar-refractivity contribution < 1.29 is 14.7 Å². The third kappa shape index (κ3) is 3.99. The lowest BCUT2D eigenvalue weighted by molar-refractivity contribution is -0.136. The van der Waals surface area contributed by atoms with Crippen LogP contribution < -0.4 is 5.73 Å². The number of aliphatic carboxylic acids is 1. The third-order valence-corrected chi connectivity index (χ3v) is 7.01. The molecule has 0 fully saturated rings. The van der Waals surface area contributed by atoms with Crippen molar-refractivity contribution in [2.45, 2.75) is 13.0 Å². The molecule has 0 aliphatic rings. The fourth-order valence-corrected chi connectivity index (χ4v) is 5.39. The van der Waals surface area contributed by atoms with E-state index in [4.69, 9.17) is 17.3 Å². The summed E-state index contributed by atoms with van der Waals surface area (Å²) in [5.74, 6) is -1.38. The molecular weight excluding hydrogens is 456 g/mol. The summed E-state index contributed by atoms with van der Waals surface area (Å²) >= 11 is 7.88. The normalized spacial score (nSPS) is 11.3. The van der Waals surface area contributed by atoms with E-state index in [1.54, 1.807) is 23.5 Å². The molecule has 0 bridgehead atoms. The quantitative estimate of drug-likeness (QED) is 0.319. The minimum absolute atomic E-state index is 0.0725. The van der Waals surface area contributed by atoms with Gasteiger partial charge in [-0.15, -0.1) is 11.3 Å². The minimum atomic E-state index is -0.884. The highest BCUT2D eigenvalue weighted by atomic mass is 35.5. The lowest BCUT2D eigenvalue weighted by atomic mass is 9.97. The number of carboxylic acids is 1. The number of fused-ring (bicyclic) bond motifs is 2. The van der Waals surface area contributed by atoms with Crippen molar-refractivity contribution in [3.05, 3.63) is 94.0 Å². The summed E-state index contributed by atoms with van der Waals surface area (Å²) in [5, 5.41) is 14.2. The van der Waals surface area contributed by atoms with Crippen LogP contribution in [0, 0.1) is 0 Å². The number of carboxylic acid groups (broad SMARTS) is 1. The molecule has 0 aliphatic carbocycles. The van der Waals surface area contributed by atoms with Crippen molar-refractivity contribution in [3.8, 4) is 11.1 Å². The van der Waals surface area contributed by atoms with E-state index in [-0.39, 0.29) is 6.42 Å². The first-order valence-corrected chi connectivity index (χ1v) is 11.5. The van der Waals surface area contributed by atoms with Gasteiger partial charge in [-0.2, -0.15) is 0 Å². The van der Waals surface area contributed by atoms with Gasteiger partial charge >= 0.3 is 5.97 Å². The van der Waals surface area contributed by atoms with Gasteiger partial charge in [-0.1, -0.05) is 41.9 Å². The van der Waals surface area contributed by atoms with E-state index < -0.39 is 11.9 Å². The van der Waals surface area contributed by atoms with Crippen molar-refractivity contribution >= 4 is 55.8 Å². The molecule has 164 valence electrons. The number of carbonyl (C=O) groups excluding carboxylic acids is 1. The first-order chi connectivity index (χ1) is 15.9. The minimum Gasteiger partial charge on any atom is -0.481 e. The molecule has 0 radical (unpaired) electrons. The first-order valence-electron chi connectivity index (χ1n) is 10.3. The maximum absolute atomic E-state index is 12.0. The van der Waals surface area contributed by atoms with Crippen LogP contribution in [-0.4, -0.2) is 21.6 Å². The predicted molar refractivity (Wildman–Crippen MR) is 133 cm³/mol. The SMILES string of the molecule is NC(=O)c1ccccc1-c1ccc2c(CC(=O)O)cn(Cc3csc4ccc(Cl)cc34)c2c1. The Bertz CT molecular complexity index is 1550. The molecule has 33 heavy (non-hydrogen) atoms. The topological polar surface area (TPSA) is 85.3 Å². The second-order valence-corrected chi connectivity index (χ2v) is 9.24. The van der Waals surface area contributed by atoms with Crippen molar-refractivity contribution in [2.75, 3.05) is 0 Å². The van der Waals surface area contributed by atoms with Crippen LogP contribution in [0.25, 0.3) is 32.1 Å². The molecule has 2 aromatic heterocycles. The molecule has 0 spiro atoms. The van der Waals surface area contributed by atoms with Crippen LogP contribution in [0.5, 0.6) is 0 Å². The maximum atomic E-state index is 12.0. The van der Waals surface area contributed by atoms with E-state index in [2.05, 4.69) is 9.95 Å². The molecule has 5 rings (SSSR count). The molecule has 0 unspecified atom stereocenters. The van der Waals surface area contributed by atoms with Crippen molar-refractivity contribution in [2.24, 2.45) is 5.73 Å². The van der Waals surface area contributed by atoms with Gasteiger partial charge in [0.1, 0.15) is 0 Å². The fraction of sp³-hybridized carbons (Fsp3) is 0.0769. The van der Waals surface area contributed by atoms with Gasteiger partial charge < -0.3 is 15.4 Å². The monoisotopic (exact) mass is 474 g/mol. The van der Waals surface area contributed by atoms with E-state index in [1.807, 2.05) is 54.7 Å². The lowest BCUT2D eigenvalue weighted by Gasteiger charge is -2.10. The van der Waals surface area contributed by atoms with E-state index in [9.17, 15) is 14.7 Å². The van der Waals surface area contributed by atoms with Crippen LogP contribution in [0.15, 0.2) is 72.2 Å². The summed E-state index contributed by atoms with van der Waals surface area (Å²) in [4.78, 5) is 23.4. The zero-order chi connectivity index (χ0) is 23.1. The number of nitrogens with zero attached hydrogens (tertiary/aromatic N) is 1. The molecule has 2 heterocycles. The number of primary amides is 1. The standard InChI is InChI=1S/C26H19ClN2O3S/c27-18-6-8-24-22(11-18)17(14-33-24)13-29-12-16(10-25(30)31)20-7-5-15(9-23(20)29)19-3-1-2-4-21(19)26(28)32/h1-9,11-12,14H,10,13H2,(H2,28,32)(H,30,31). The molecule has 5 aromatic rings. The molecular formula is C26H19ClN2O3S. The number of rotatable bonds is 6. The first kappa shape index (κ1) is 21.2. The van der Waals surface area contributed by atoms with Crippen LogP contribution in [0.1, 0.15) is 21.5 Å². The number of hydrogen-bond donors (Lipinski definition) is 2. The number of benzene rings is 3. The van der Waals surface area contributed by atoms with Gasteiger partial charge in [0.25, 0.3) is 0 Å². The Labute approximate surface area is 198 Å². The fourth-order valence-electron chi connectivity index (χ4n) is 4.28. The summed E-state index contributed by atoms with van der Waals surface area (Å²) in [6, 6.07) is 18.9. The van der Waals surface area contributed by atoms with E-state index >= 15 is 0 Å². The second kappa shape index (κ2) is 8.39. The third-order valence-electron chi connectivity index (χ3n) is 5.77. The Balaban J connectivity index is 1.67. The Morgan fingerprint density at radius 3 is 2.61 bits per heavy atom. The maximum Gasteiger partial charge on any atom is 0.307 e. The van der Waals surface area contributed by atoms with Gasteiger partial charge in [-0.25, -0.2) is 0 Å². The number of thiophene rings is 1. The Morgan fingerprint density at radius 2 is 1.82 bits per heavy atom. The van der Waals surface area contributed by atoms with E-state index in [0.29, 0.717) is 17.1 Å². The smallest absolute Gasteiger partial charge is 0.307 e. The lowest BCUT2D eigenvalue weighted by Crippen LogP contribution is -2.12. The number of nitrogens with two attached hydrogens (primary N) is 1. The average Bonchev–Trinajstić information content (AvgIpc) is 3.34. The van der Waals surface area contributed by atoms with Crippen molar-refractivity contribution in [1.82, 2.24) is 4.57 Å². The number of aromatic nitrogens is 1. The summed E-state index contributed by atoms with van der Waals surface area (Å²) in [5.41, 5.74) is 10.4. The average molecular weight is 475 g/mol. The van der Waals surface area contributed by atoms with Crippen LogP contribution >= 0.6 is 22.9 Å². The Morgan fingerprint density at radius 1 is 1.00 bits per heavy atom. The number of amides is 1. The molecule has 0 aliphatic heterocycles. The van der Waals surface area contributed by atoms with Crippen molar-refractivity contribution in [1.29, 1.82) is 0 Å². The molecule has 3 aromatic carbocycles. The zero-order valence-electron chi connectivity index (χ0n) is 17.4. The van der Waals surface area contributed by atoms with E-state index in [1.165, 1.54) is 0 Å². The molecule has 0 atom stereocenters. The molecule has 3 N–H and O–H groups in total. The molecule has 1 amide bonds. The molecule has 0 saturated carbocycles. The summed E-state index contributed by atoms with van der Waals surface area (Å²) in [6.45, 7) is 0.567. The van der Waals surface area contributed by atoms with Gasteiger partial charge in [0, 0.05) is 38.9 Å². The predicted octanol–water partition coefficient (Wildman–Crippen LogP) is 5.95. The summed E-state index contributed by atoms with van der Waals surface area (Å²) < 4.78 is 3.21. The van der Waals surface area contributed by atoms with Gasteiger partial charge in [-0.05, 0) is 63.4 Å². The summed E-state index contributed by atoms with van der Waals surface area (Å²) in [6.07, 6.45) is 1.83. The van der Waals surface area contributed by atoms with Crippen LogP contribution in [-0.2, 0) is 17.8 Å². The Hall–Kier alpha value is -3.61. The number of hydrogen-bond acceptors (Lipinski definition) is 3. The van der Waals surface area contributed by atoms with E-state index in [0.717, 1.165) is 43.2 Å². The largest absolute Gasteiger partial charge is 0.481 e. The second-order valence-electron chi connectivity index (χ2n) is 7.90. The number of halogens is 1. The summed E-state index contributed by atoms with van der Waals surface area (Å²) in [7, 11) is 0. The zero-order valence-corrected chi connectivity index (χ0v) is 19.0. The molecule has 0 saturated heterocycles. The number of carbonyl (C=O) groups is 2. The van der Waals surface area contributed by atoms with Crippen LogP contribution in [0.2, 0.25) is 5.02 Å². The van der Waals surface area contributed by atoms with Gasteiger partial charge in [-0.3, -0.25) is 9.59 Å². The van der Waals surface area contributed by atoms with Crippen molar-refractivity contribution in [3.63, 3.8) is 0 Å². The molecule has 5 nitrogen and oxygen atoms in total. The highest BCUT2D eigenvalue weighted by Crippen LogP contribution is 2.33. The van der Waals surface area contributed by atoms with Crippen LogP contribution in [0.4, 0.5) is 0 Å². The highest BCUT2D eigenvalue weighted by Gasteiger charge is 2.16. The van der Waals surface area contributed by atoms with Gasteiger partial charge in [0.2, 0.25) is 5.91 Å². The van der Waals surface area contributed by atoms with Crippen LogP contribution in [0.3, 0.4) is 0 Å². The Kier molecular flexibility index (Phi) is 5.40. The van der Waals surface area contributed by atoms with Gasteiger partial charge in [0.15, 0.2) is 0 Å².